The largest absolute Gasteiger partial charge is 0.508 e. The van der Waals surface area contributed by atoms with Gasteiger partial charge >= 0.3 is 7.12 Å². The Balaban J connectivity index is 0.000000190. The molecule has 0 spiro atoms. The molecule has 0 amide bonds. The van der Waals surface area contributed by atoms with Gasteiger partial charge in [-0.3, -0.25) is 0 Å². The van der Waals surface area contributed by atoms with E-state index in [4.69, 9.17) is 54.4 Å². The number of aromatic hydroxyl groups is 2. The van der Waals surface area contributed by atoms with Crippen LogP contribution >= 0.6 is 105 Å². The number of fused-ring (bicyclic) bond motifs is 3. The summed E-state index contributed by atoms with van der Waals surface area (Å²) < 4.78 is 35.1. The maximum Gasteiger partial charge on any atom is 0.493 e. The zero-order chi connectivity index (χ0) is 37.4. The Hall–Kier alpha value is -2.40. The molecule has 0 aliphatic rings. The molecule has 4 N–H and O–H groups in total. The quantitative estimate of drug-likeness (QED) is 0.0786. The summed E-state index contributed by atoms with van der Waals surface area (Å²) in [6, 6.07) is 30.0. The van der Waals surface area contributed by atoms with Crippen LogP contribution in [0, 0.1) is 15.2 Å². The first-order valence-electron chi connectivity index (χ1n) is 14.3. The maximum absolute atomic E-state index is 13.6. The molecule has 52 heavy (non-hydrogen) atoms. The van der Waals surface area contributed by atoms with Gasteiger partial charge in [0, 0.05) is 49.4 Å². The second-order valence-electron chi connectivity index (χ2n) is 10.2. The number of hydrogen-bond acceptors (Lipinski definition) is 5. The van der Waals surface area contributed by atoms with E-state index in [2.05, 4.69) is 47.8 Å². The van der Waals surface area contributed by atoms with Crippen molar-refractivity contribution in [1.29, 1.82) is 0 Å². The monoisotopic (exact) mass is 1070 g/mol. The van der Waals surface area contributed by atoms with E-state index < -0.39 is 12.9 Å². The van der Waals surface area contributed by atoms with Crippen LogP contribution in [0.4, 0.5) is 8.78 Å². The molecule has 1 aromatic heterocycles. The molecule has 6 aromatic carbocycles. The molecule has 7 rings (SSSR count). The lowest BCUT2D eigenvalue weighted by Gasteiger charge is -2.08. The predicted octanol–water partition coefficient (Wildman–Crippen LogP) is 13.2. The molecule has 7 aromatic rings. The molecule has 1 heterocycles. The lowest BCUT2D eigenvalue weighted by atomic mass is 9.79. The van der Waals surface area contributed by atoms with Crippen molar-refractivity contribution < 1.29 is 33.5 Å². The van der Waals surface area contributed by atoms with Crippen LogP contribution < -0.4 is 5.46 Å². The van der Waals surface area contributed by atoms with Crippen LogP contribution in [0.25, 0.3) is 33.1 Å². The lowest BCUT2D eigenvalue weighted by Crippen LogP contribution is -2.30. The molecule has 0 bridgehead atoms. The van der Waals surface area contributed by atoms with E-state index in [0.29, 0.717) is 14.2 Å². The van der Waals surface area contributed by atoms with Gasteiger partial charge in [0.25, 0.3) is 0 Å². The van der Waals surface area contributed by atoms with Crippen molar-refractivity contribution in [2.75, 3.05) is 0 Å². The summed E-state index contributed by atoms with van der Waals surface area (Å²) in [6.07, 6.45) is 0. The van der Waals surface area contributed by atoms with Crippen LogP contribution in [0.15, 0.2) is 127 Å². The van der Waals surface area contributed by atoms with Crippen molar-refractivity contribution in [1.82, 2.24) is 0 Å². The third kappa shape index (κ3) is 11.6. The molecule has 0 saturated heterocycles. The van der Waals surface area contributed by atoms with Crippen molar-refractivity contribution in [3.8, 4) is 22.6 Å². The molecule has 15 heteroatoms. The summed E-state index contributed by atoms with van der Waals surface area (Å²) in [5.74, 6) is -0.845. The van der Waals surface area contributed by atoms with Gasteiger partial charge in [0.05, 0.1) is 10.0 Å². The van der Waals surface area contributed by atoms with E-state index in [0.717, 1.165) is 40.4 Å². The van der Waals surface area contributed by atoms with Crippen LogP contribution in [0.3, 0.4) is 0 Å². The topological polar surface area (TPSA) is 94.1 Å². The maximum atomic E-state index is 13.6. The van der Waals surface area contributed by atoms with Crippen molar-refractivity contribution in [3.63, 3.8) is 0 Å². The highest BCUT2D eigenvalue weighted by atomic mass is 127. The molecule has 0 saturated carbocycles. The second kappa shape index (κ2) is 20.3. The normalized spacial score (nSPS) is 10.2. The van der Waals surface area contributed by atoms with Gasteiger partial charge in [0.2, 0.25) is 0 Å². The van der Waals surface area contributed by atoms with Gasteiger partial charge < -0.3 is 24.7 Å². The number of benzene rings is 6. The Bertz CT molecular complexity index is 2270. The highest BCUT2D eigenvalue weighted by Gasteiger charge is 2.19. The third-order valence-corrected chi connectivity index (χ3v) is 10.0. The number of phenolic OH excluding ortho intramolecular Hbond substituents is 2. The second-order valence-corrected chi connectivity index (χ2v) is 15.3. The van der Waals surface area contributed by atoms with E-state index in [-0.39, 0.29) is 40.8 Å². The number of hydrogen-bond donors (Lipinski definition) is 4. The van der Waals surface area contributed by atoms with Crippen LogP contribution in [-0.4, -0.2) is 27.4 Å². The summed E-state index contributed by atoms with van der Waals surface area (Å²) in [5, 5.41) is 39.4. The van der Waals surface area contributed by atoms with Gasteiger partial charge in [0.1, 0.15) is 34.3 Å². The summed E-state index contributed by atoms with van der Waals surface area (Å²) in [6.45, 7) is 0. The number of halogens is 9. The van der Waals surface area contributed by atoms with Crippen LogP contribution in [0.2, 0.25) is 15.1 Å². The van der Waals surface area contributed by atoms with Crippen LogP contribution in [0.5, 0.6) is 11.5 Å². The average molecular weight is 1070 g/mol. The van der Waals surface area contributed by atoms with Gasteiger partial charge in [-0.15, -0.1) is 0 Å². The predicted molar refractivity (Wildman–Crippen MR) is 229 cm³/mol. The SMILES string of the molecule is C.Clc1cccc2oc3ccc(Br)cc3c12.Fc1ccc(Br)cc1I.OB(O)c1c(O)cccc1Cl.Oc1cccc(Cl)c1-c1cc(Br)ccc1F. The van der Waals surface area contributed by atoms with Gasteiger partial charge in [-0.05, 0) is 114 Å². The average Bonchev–Trinajstić information content (AvgIpc) is 3.44. The molecule has 0 fully saturated rings. The van der Waals surface area contributed by atoms with Gasteiger partial charge in [0.15, 0.2) is 0 Å². The summed E-state index contributed by atoms with van der Waals surface area (Å²) in [4.78, 5) is 0. The van der Waals surface area contributed by atoms with E-state index in [9.17, 15) is 13.9 Å². The van der Waals surface area contributed by atoms with Crippen molar-refractivity contribution >= 4 is 140 Å². The highest BCUT2D eigenvalue weighted by Crippen LogP contribution is 2.38. The standard InChI is InChI=1S/C12H7BrClFO.C12H6BrClO.C6H6BClO3.C6H3BrFI.CH4/c13-7-4-5-10(15)8(6-7)12-9(14)2-1-3-11(12)16;13-7-4-5-10-8(6-7)12-9(14)2-1-3-11(12)15-10;8-4-2-1-3-5(9)6(4)7(10)11;7-4-1-2-5(8)6(9)3-4;/h1-6,16H;1-6H;1-3,9-11H;1-3H;1H4. The van der Waals surface area contributed by atoms with Gasteiger partial charge in [-0.2, -0.15) is 0 Å². The molecule has 5 nitrogen and oxygen atoms in total. The highest BCUT2D eigenvalue weighted by molar-refractivity contribution is 14.1. The smallest absolute Gasteiger partial charge is 0.493 e. The number of rotatable bonds is 2. The minimum absolute atomic E-state index is 0. The number of phenols is 2. The fourth-order valence-electron chi connectivity index (χ4n) is 4.48. The van der Waals surface area contributed by atoms with E-state index in [1.54, 1.807) is 36.4 Å². The molecule has 0 radical (unpaired) electrons. The minimum Gasteiger partial charge on any atom is -0.508 e. The molecular weight excluding hydrogens is 1050 g/mol. The fourth-order valence-corrected chi connectivity index (χ4v) is 7.31. The molecule has 0 unspecified atom stereocenters. The minimum atomic E-state index is -1.73. The summed E-state index contributed by atoms with van der Waals surface area (Å²) in [5.41, 5.74) is 2.21. The first-order valence-corrected chi connectivity index (χ1v) is 18.9. The van der Waals surface area contributed by atoms with Crippen LogP contribution in [0.1, 0.15) is 7.43 Å². The van der Waals surface area contributed by atoms with E-state index in [1.165, 1.54) is 36.4 Å². The third-order valence-electron chi connectivity index (χ3n) is 6.77. The zero-order valence-corrected chi connectivity index (χ0v) is 34.8. The Labute approximate surface area is 352 Å². The van der Waals surface area contributed by atoms with Crippen molar-refractivity contribution in [2.24, 2.45) is 0 Å². The molecule has 0 aliphatic heterocycles. The first kappa shape index (κ1) is 44.0. The number of furan rings is 1. The fraction of sp³-hybridized carbons (Fsp3) is 0.0270. The van der Waals surface area contributed by atoms with Crippen LogP contribution in [-0.2, 0) is 0 Å². The Morgan fingerprint density at radius 2 is 1.15 bits per heavy atom. The first-order chi connectivity index (χ1) is 24.2. The molecule has 0 atom stereocenters. The van der Waals surface area contributed by atoms with Crippen molar-refractivity contribution in [2.45, 2.75) is 7.43 Å². The molecular formula is C37H26BBr3Cl3F2IO5. The van der Waals surface area contributed by atoms with Gasteiger partial charge in [-0.25, -0.2) is 8.78 Å². The van der Waals surface area contributed by atoms with E-state index >= 15 is 0 Å². The summed E-state index contributed by atoms with van der Waals surface area (Å²) >= 11 is 29.5. The van der Waals surface area contributed by atoms with Crippen molar-refractivity contribution in [3.05, 3.63) is 153 Å². The molecule has 270 valence electrons. The lowest BCUT2D eigenvalue weighted by molar-refractivity contribution is 0.419. The molecule has 0 aliphatic carbocycles. The van der Waals surface area contributed by atoms with Gasteiger partial charge in [-0.1, -0.05) is 108 Å². The Morgan fingerprint density at radius 1 is 0.615 bits per heavy atom. The Morgan fingerprint density at radius 3 is 1.73 bits per heavy atom. The zero-order valence-electron chi connectivity index (χ0n) is 25.6. The van der Waals surface area contributed by atoms with E-state index in [1.807, 2.05) is 59.0 Å². The Kier molecular flexibility index (Phi) is 17.2. The summed E-state index contributed by atoms with van der Waals surface area (Å²) in [7, 11) is -1.73.